The molecule has 0 bridgehead atoms. The van der Waals surface area contributed by atoms with Gasteiger partial charge in [-0.05, 0) is 11.6 Å². The quantitative estimate of drug-likeness (QED) is 0.674. The number of halogens is 1. The lowest BCUT2D eigenvalue weighted by atomic mass is 10.1. The Labute approximate surface area is 138 Å². The van der Waals surface area contributed by atoms with E-state index in [0.717, 1.165) is 28.6 Å². The summed E-state index contributed by atoms with van der Waals surface area (Å²) in [5, 5.41) is 0.991. The molecule has 23 heavy (non-hydrogen) atoms. The van der Waals surface area contributed by atoms with Gasteiger partial charge in [0.25, 0.3) is 0 Å². The molecule has 0 radical (unpaired) electrons. The highest BCUT2D eigenvalue weighted by Gasteiger charge is 2.20. The first-order chi connectivity index (χ1) is 11.3. The fourth-order valence-electron chi connectivity index (χ4n) is 2.58. The molecular formula is C16H14ClN5O. The molecule has 6 nitrogen and oxygen atoms in total. The maximum absolute atomic E-state index is 6.05. The molecule has 0 N–H and O–H groups in total. The van der Waals surface area contributed by atoms with Crippen LogP contribution in [0.3, 0.4) is 0 Å². The van der Waals surface area contributed by atoms with Crippen LogP contribution in [0.5, 0.6) is 0 Å². The van der Waals surface area contributed by atoms with E-state index in [0.29, 0.717) is 19.1 Å². The van der Waals surface area contributed by atoms with Gasteiger partial charge in [0, 0.05) is 36.1 Å². The molecule has 3 heterocycles. The van der Waals surface area contributed by atoms with Crippen molar-refractivity contribution in [2.24, 2.45) is 0 Å². The standard InChI is InChI=1S/C16H14ClN5O/c17-15-9-22(3-4-23-15)16-20-8-12-2-1-11(5-14(12)21-16)13-6-18-10-19-7-13/h1-2,5-8,10,15H,3-4,9H2. The number of aromatic nitrogens is 4. The summed E-state index contributed by atoms with van der Waals surface area (Å²) in [5.74, 6) is 0.674. The number of hydrogen-bond donors (Lipinski definition) is 0. The lowest BCUT2D eigenvalue weighted by Crippen LogP contribution is -2.41. The zero-order chi connectivity index (χ0) is 15.6. The van der Waals surface area contributed by atoms with Gasteiger partial charge in [0.1, 0.15) is 11.9 Å². The Bertz CT molecular complexity index is 829. The topological polar surface area (TPSA) is 64.0 Å². The predicted molar refractivity (Wildman–Crippen MR) is 88.4 cm³/mol. The van der Waals surface area contributed by atoms with Crippen LogP contribution in [0.1, 0.15) is 0 Å². The highest BCUT2D eigenvalue weighted by atomic mass is 35.5. The average Bonchev–Trinajstić information content (AvgIpc) is 2.61. The van der Waals surface area contributed by atoms with Crippen LogP contribution in [0.25, 0.3) is 22.0 Å². The normalized spacial score (nSPS) is 18.3. The van der Waals surface area contributed by atoms with Gasteiger partial charge < -0.3 is 9.64 Å². The van der Waals surface area contributed by atoms with E-state index in [9.17, 15) is 0 Å². The molecule has 0 amide bonds. The molecule has 0 saturated carbocycles. The van der Waals surface area contributed by atoms with E-state index in [-0.39, 0.29) is 5.56 Å². The number of hydrogen-bond acceptors (Lipinski definition) is 6. The lowest BCUT2D eigenvalue weighted by Gasteiger charge is -2.29. The van der Waals surface area contributed by atoms with Crippen molar-refractivity contribution in [3.8, 4) is 11.1 Å². The maximum Gasteiger partial charge on any atom is 0.226 e. The summed E-state index contributed by atoms with van der Waals surface area (Å²) in [6, 6.07) is 6.05. The van der Waals surface area contributed by atoms with Crippen molar-refractivity contribution in [2.45, 2.75) is 5.56 Å². The third-order valence-electron chi connectivity index (χ3n) is 3.77. The molecule has 1 aliphatic rings. The Morgan fingerprint density at radius 2 is 2.00 bits per heavy atom. The Balaban J connectivity index is 1.72. The van der Waals surface area contributed by atoms with Crippen LogP contribution in [0.15, 0.2) is 43.1 Å². The highest BCUT2D eigenvalue weighted by Crippen LogP contribution is 2.24. The number of rotatable bonds is 2. The first-order valence-corrected chi connectivity index (χ1v) is 7.76. The second-order valence-electron chi connectivity index (χ2n) is 5.30. The Hall–Kier alpha value is -2.31. The van der Waals surface area contributed by atoms with Crippen LogP contribution in [-0.2, 0) is 4.74 Å². The molecule has 4 rings (SSSR count). The summed E-state index contributed by atoms with van der Waals surface area (Å²) < 4.78 is 5.35. The van der Waals surface area contributed by atoms with Crippen LogP contribution in [-0.4, -0.2) is 45.2 Å². The van der Waals surface area contributed by atoms with Crippen LogP contribution in [0, 0.1) is 0 Å². The van der Waals surface area contributed by atoms with E-state index < -0.39 is 0 Å². The van der Waals surface area contributed by atoms with Crippen LogP contribution in [0.2, 0.25) is 0 Å². The molecule has 1 atom stereocenters. The summed E-state index contributed by atoms with van der Waals surface area (Å²) >= 11 is 6.05. The molecular weight excluding hydrogens is 314 g/mol. The molecule has 2 aromatic heterocycles. The summed E-state index contributed by atoms with van der Waals surface area (Å²) in [7, 11) is 0. The van der Waals surface area contributed by atoms with E-state index in [1.165, 1.54) is 6.33 Å². The molecule has 0 aliphatic carbocycles. The van der Waals surface area contributed by atoms with Gasteiger partial charge in [0.05, 0.1) is 18.7 Å². The zero-order valence-electron chi connectivity index (χ0n) is 12.3. The molecule has 116 valence electrons. The number of benzene rings is 1. The van der Waals surface area contributed by atoms with Gasteiger partial charge in [-0.15, -0.1) is 0 Å². The number of fused-ring (bicyclic) bond motifs is 1. The third-order valence-corrected chi connectivity index (χ3v) is 4.03. The van der Waals surface area contributed by atoms with E-state index in [2.05, 4.69) is 19.9 Å². The fraction of sp³-hybridized carbons (Fsp3) is 0.250. The summed E-state index contributed by atoms with van der Waals surface area (Å²) in [6.07, 6.45) is 6.93. The molecule has 1 unspecified atom stereocenters. The van der Waals surface area contributed by atoms with Crippen molar-refractivity contribution in [2.75, 3.05) is 24.6 Å². The van der Waals surface area contributed by atoms with Gasteiger partial charge in [0.2, 0.25) is 5.95 Å². The van der Waals surface area contributed by atoms with Crippen LogP contribution < -0.4 is 4.90 Å². The van der Waals surface area contributed by atoms with Crippen LogP contribution in [0.4, 0.5) is 5.95 Å². The molecule has 1 aromatic carbocycles. The van der Waals surface area contributed by atoms with E-state index in [1.807, 2.05) is 29.3 Å². The van der Waals surface area contributed by atoms with Crippen molar-refractivity contribution < 1.29 is 4.74 Å². The van der Waals surface area contributed by atoms with Gasteiger partial charge in [-0.1, -0.05) is 23.7 Å². The van der Waals surface area contributed by atoms with Crippen molar-refractivity contribution >= 4 is 28.5 Å². The molecule has 3 aromatic rings. The van der Waals surface area contributed by atoms with Crippen molar-refractivity contribution in [1.29, 1.82) is 0 Å². The Morgan fingerprint density at radius 1 is 1.13 bits per heavy atom. The summed E-state index contributed by atoms with van der Waals surface area (Å²) in [6.45, 7) is 1.90. The van der Waals surface area contributed by atoms with Crippen molar-refractivity contribution in [3.05, 3.63) is 43.1 Å². The number of alkyl halides is 1. The monoisotopic (exact) mass is 327 g/mol. The number of anilines is 1. The minimum Gasteiger partial charge on any atom is -0.359 e. The van der Waals surface area contributed by atoms with Gasteiger partial charge in [-0.2, -0.15) is 0 Å². The summed E-state index contributed by atoms with van der Waals surface area (Å²) in [5.41, 5.74) is 2.55. The molecule has 7 heteroatoms. The number of nitrogens with zero attached hydrogens (tertiary/aromatic N) is 5. The fourth-order valence-corrected chi connectivity index (χ4v) is 2.84. The second-order valence-corrected chi connectivity index (χ2v) is 5.78. The Morgan fingerprint density at radius 3 is 2.83 bits per heavy atom. The van der Waals surface area contributed by atoms with Gasteiger partial charge >= 0.3 is 0 Å². The Kier molecular flexibility index (Phi) is 3.77. The average molecular weight is 328 g/mol. The second kappa shape index (κ2) is 6.06. The SMILES string of the molecule is ClC1CN(c2ncc3ccc(-c4cncnc4)cc3n2)CCO1. The third kappa shape index (κ3) is 2.95. The number of ether oxygens (including phenoxy) is 1. The van der Waals surface area contributed by atoms with Gasteiger partial charge in [-0.3, -0.25) is 0 Å². The van der Waals surface area contributed by atoms with Gasteiger partial charge in [0.15, 0.2) is 0 Å². The maximum atomic E-state index is 6.05. The first-order valence-electron chi connectivity index (χ1n) is 7.32. The molecule has 1 saturated heterocycles. The summed E-state index contributed by atoms with van der Waals surface area (Å²) in [4.78, 5) is 19.3. The molecule has 1 aliphatic heterocycles. The predicted octanol–water partition coefficient (Wildman–Crippen LogP) is 2.49. The highest BCUT2D eigenvalue weighted by molar-refractivity contribution is 6.20. The first kappa shape index (κ1) is 14.3. The van der Waals surface area contributed by atoms with E-state index in [4.69, 9.17) is 16.3 Å². The van der Waals surface area contributed by atoms with E-state index >= 15 is 0 Å². The lowest BCUT2D eigenvalue weighted by molar-refractivity contribution is 0.0928. The minimum absolute atomic E-state index is 0.323. The van der Waals surface area contributed by atoms with Crippen LogP contribution >= 0.6 is 11.6 Å². The smallest absolute Gasteiger partial charge is 0.226 e. The minimum atomic E-state index is -0.323. The van der Waals surface area contributed by atoms with E-state index in [1.54, 1.807) is 12.4 Å². The molecule has 1 fully saturated rings. The molecule has 0 spiro atoms. The largest absolute Gasteiger partial charge is 0.359 e. The van der Waals surface area contributed by atoms with Crippen molar-refractivity contribution in [1.82, 2.24) is 19.9 Å². The van der Waals surface area contributed by atoms with Gasteiger partial charge in [-0.25, -0.2) is 19.9 Å². The van der Waals surface area contributed by atoms with Crippen molar-refractivity contribution in [3.63, 3.8) is 0 Å². The zero-order valence-corrected chi connectivity index (χ0v) is 13.0. The number of morpholine rings is 1.